The van der Waals surface area contributed by atoms with Gasteiger partial charge in [-0.1, -0.05) is 62.4 Å². The van der Waals surface area contributed by atoms with Crippen LogP contribution in [-0.4, -0.2) is 55.8 Å². The fourth-order valence-corrected chi connectivity index (χ4v) is 4.99. The fourth-order valence-electron chi connectivity index (χ4n) is 3.94. The third-order valence-corrected chi connectivity index (χ3v) is 6.77. The first-order chi connectivity index (χ1) is 16.8. The molecule has 0 unspecified atom stereocenters. The number of benzene rings is 2. The van der Waals surface area contributed by atoms with Gasteiger partial charge in [0.1, 0.15) is 11.5 Å². The predicted molar refractivity (Wildman–Crippen MR) is 139 cm³/mol. The Morgan fingerprint density at radius 2 is 1.89 bits per heavy atom. The summed E-state index contributed by atoms with van der Waals surface area (Å²) in [5.41, 5.74) is 2.77. The van der Waals surface area contributed by atoms with Crippen LogP contribution in [0.2, 0.25) is 0 Å². The number of morpholine rings is 1. The third kappa shape index (κ3) is 6.60. The lowest BCUT2D eigenvalue weighted by molar-refractivity contribution is -0.118. The van der Waals surface area contributed by atoms with Crippen LogP contribution < -0.4 is 14.8 Å². The molecule has 1 fully saturated rings. The van der Waals surface area contributed by atoms with Crippen molar-refractivity contribution in [3.05, 3.63) is 59.0 Å². The SMILES string of the molecule is COc1ccc(OCC(=O)Nc2nc(-c3ccccc3)c(CN3CCOCC3)s2)c(C(C)(C)C)c1. The summed E-state index contributed by atoms with van der Waals surface area (Å²) in [5, 5.41) is 3.51. The lowest BCUT2D eigenvalue weighted by atomic mass is 9.86. The van der Waals surface area contributed by atoms with Gasteiger partial charge < -0.3 is 14.2 Å². The number of thiazole rings is 1. The summed E-state index contributed by atoms with van der Waals surface area (Å²) in [4.78, 5) is 21.1. The van der Waals surface area contributed by atoms with E-state index in [-0.39, 0.29) is 17.9 Å². The lowest BCUT2D eigenvalue weighted by Gasteiger charge is -2.26. The number of hydrogen-bond donors (Lipinski definition) is 1. The van der Waals surface area contributed by atoms with Gasteiger partial charge in [0.2, 0.25) is 0 Å². The van der Waals surface area contributed by atoms with Crippen molar-refractivity contribution < 1.29 is 19.0 Å². The van der Waals surface area contributed by atoms with Crippen LogP contribution in [0.5, 0.6) is 11.5 Å². The highest BCUT2D eigenvalue weighted by molar-refractivity contribution is 7.16. The second-order valence-electron chi connectivity index (χ2n) is 9.49. The summed E-state index contributed by atoms with van der Waals surface area (Å²) >= 11 is 1.51. The second kappa shape index (κ2) is 11.2. The third-order valence-electron chi connectivity index (χ3n) is 5.82. The number of amides is 1. The number of nitrogens with one attached hydrogen (secondary N) is 1. The first-order valence-corrected chi connectivity index (χ1v) is 12.6. The van der Waals surface area contributed by atoms with E-state index >= 15 is 0 Å². The number of carbonyl (C=O) groups excluding carboxylic acids is 1. The fraction of sp³-hybridized carbons (Fsp3) is 0.407. The van der Waals surface area contributed by atoms with Gasteiger partial charge >= 0.3 is 0 Å². The smallest absolute Gasteiger partial charge is 0.264 e. The highest BCUT2D eigenvalue weighted by Gasteiger charge is 2.22. The molecular weight excluding hydrogens is 462 g/mol. The van der Waals surface area contributed by atoms with Gasteiger partial charge in [-0.05, 0) is 23.6 Å². The summed E-state index contributed by atoms with van der Waals surface area (Å²) in [7, 11) is 1.64. The van der Waals surface area contributed by atoms with E-state index in [1.807, 2.05) is 48.5 Å². The molecule has 1 aromatic heterocycles. The van der Waals surface area contributed by atoms with Crippen molar-refractivity contribution in [2.75, 3.05) is 45.3 Å². The molecule has 1 aliphatic heterocycles. The maximum Gasteiger partial charge on any atom is 0.264 e. The van der Waals surface area contributed by atoms with Gasteiger partial charge in [0.15, 0.2) is 11.7 Å². The Morgan fingerprint density at radius 3 is 2.57 bits per heavy atom. The zero-order valence-electron chi connectivity index (χ0n) is 20.8. The predicted octanol–water partition coefficient (Wildman–Crippen LogP) is 4.97. The van der Waals surface area contributed by atoms with Crippen LogP contribution in [0.1, 0.15) is 31.2 Å². The highest BCUT2D eigenvalue weighted by atomic mass is 32.1. The average Bonchev–Trinajstić information content (AvgIpc) is 3.25. The van der Waals surface area contributed by atoms with Gasteiger partial charge in [-0.3, -0.25) is 15.0 Å². The van der Waals surface area contributed by atoms with Gasteiger partial charge in [-0.2, -0.15) is 0 Å². The quantitative estimate of drug-likeness (QED) is 0.476. The number of aromatic nitrogens is 1. The number of methoxy groups -OCH3 is 1. The van der Waals surface area contributed by atoms with Crippen molar-refractivity contribution in [2.45, 2.75) is 32.7 Å². The molecule has 1 N–H and O–H groups in total. The van der Waals surface area contributed by atoms with Crippen molar-refractivity contribution in [1.82, 2.24) is 9.88 Å². The topological polar surface area (TPSA) is 72.9 Å². The molecule has 4 rings (SSSR count). The van der Waals surface area contributed by atoms with E-state index < -0.39 is 0 Å². The van der Waals surface area contributed by atoms with Crippen molar-refractivity contribution in [3.63, 3.8) is 0 Å². The first-order valence-electron chi connectivity index (χ1n) is 11.8. The van der Waals surface area contributed by atoms with Crippen molar-refractivity contribution in [1.29, 1.82) is 0 Å². The molecular formula is C27H33N3O4S. The first kappa shape index (κ1) is 25.2. The van der Waals surface area contributed by atoms with Crippen LogP contribution in [0.3, 0.4) is 0 Å². The van der Waals surface area contributed by atoms with Crippen LogP contribution in [0.4, 0.5) is 5.13 Å². The molecule has 3 aromatic rings. The number of ether oxygens (including phenoxy) is 3. The van der Waals surface area contributed by atoms with Crippen molar-refractivity contribution in [3.8, 4) is 22.8 Å². The molecule has 0 saturated carbocycles. The van der Waals surface area contributed by atoms with E-state index in [0.29, 0.717) is 10.9 Å². The summed E-state index contributed by atoms with van der Waals surface area (Å²) in [5.74, 6) is 1.19. The zero-order chi connectivity index (χ0) is 24.8. The van der Waals surface area contributed by atoms with E-state index in [2.05, 4.69) is 31.0 Å². The molecule has 2 heterocycles. The molecule has 1 amide bonds. The van der Waals surface area contributed by atoms with Gasteiger partial charge in [0.25, 0.3) is 5.91 Å². The maximum absolute atomic E-state index is 12.8. The molecule has 0 radical (unpaired) electrons. The van der Waals surface area contributed by atoms with Gasteiger partial charge in [-0.25, -0.2) is 4.98 Å². The van der Waals surface area contributed by atoms with Crippen LogP contribution in [0, 0.1) is 0 Å². The molecule has 0 atom stereocenters. The normalized spacial score (nSPS) is 14.5. The monoisotopic (exact) mass is 495 g/mol. The van der Waals surface area contributed by atoms with Crippen molar-refractivity contribution in [2.24, 2.45) is 0 Å². The van der Waals surface area contributed by atoms with E-state index in [1.165, 1.54) is 11.3 Å². The number of nitrogens with zero attached hydrogens (tertiary/aromatic N) is 2. The van der Waals surface area contributed by atoms with E-state index in [0.717, 1.165) is 60.3 Å². The summed E-state index contributed by atoms with van der Waals surface area (Å²) in [6.07, 6.45) is 0. The number of anilines is 1. The summed E-state index contributed by atoms with van der Waals surface area (Å²) in [6, 6.07) is 15.7. The molecule has 0 bridgehead atoms. The van der Waals surface area contributed by atoms with Crippen LogP contribution in [0.25, 0.3) is 11.3 Å². The molecule has 1 saturated heterocycles. The molecule has 7 nitrogen and oxygen atoms in total. The van der Waals surface area contributed by atoms with Crippen LogP contribution >= 0.6 is 11.3 Å². The molecule has 2 aromatic carbocycles. The minimum atomic E-state index is -0.244. The molecule has 0 spiro atoms. The Hall–Kier alpha value is -2.94. The minimum absolute atomic E-state index is 0.103. The minimum Gasteiger partial charge on any atom is -0.497 e. The molecule has 1 aliphatic rings. The molecule has 35 heavy (non-hydrogen) atoms. The van der Waals surface area contributed by atoms with Gasteiger partial charge in [-0.15, -0.1) is 0 Å². The standard InChI is InChI=1S/C27H33N3O4S/c1-27(2,3)21-16-20(32-4)10-11-22(21)34-18-24(31)28-26-29-25(19-8-6-5-7-9-19)23(35-26)17-30-12-14-33-15-13-30/h5-11,16H,12-15,17-18H2,1-4H3,(H,28,29,31). The molecule has 186 valence electrons. The van der Waals surface area contributed by atoms with Gasteiger partial charge in [0, 0.05) is 35.6 Å². The van der Waals surface area contributed by atoms with Crippen LogP contribution in [-0.2, 0) is 21.5 Å². The Morgan fingerprint density at radius 1 is 1.14 bits per heavy atom. The Kier molecular flexibility index (Phi) is 8.05. The number of rotatable bonds is 8. The molecule has 0 aliphatic carbocycles. The van der Waals surface area contributed by atoms with E-state index in [4.69, 9.17) is 19.2 Å². The second-order valence-corrected chi connectivity index (χ2v) is 10.6. The lowest BCUT2D eigenvalue weighted by Crippen LogP contribution is -2.35. The summed E-state index contributed by atoms with van der Waals surface area (Å²) in [6.45, 7) is 10.2. The Labute approximate surface area is 211 Å². The largest absolute Gasteiger partial charge is 0.497 e. The Balaban J connectivity index is 1.47. The van der Waals surface area contributed by atoms with E-state index in [1.54, 1.807) is 7.11 Å². The van der Waals surface area contributed by atoms with E-state index in [9.17, 15) is 4.79 Å². The Bertz CT molecular complexity index is 1140. The summed E-state index contributed by atoms with van der Waals surface area (Å²) < 4.78 is 16.8. The molecule has 8 heteroatoms. The van der Waals surface area contributed by atoms with Crippen molar-refractivity contribution >= 4 is 22.4 Å². The zero-order valence-corrected chi connectivity index (χ0v) is 21.6. The van der Waals surface area contributed by atoms with Crippen LogP contribution in [0.15, 0.2) is 48.5 Å². The van der Waals surface area contributed by atoms with Gasteiger partial charge in [0.05, 0.1) is 26.0 Å². The average molecular weight is 496 g/mol. The maximum atomic E-state index is 12.8. The highest BCUT2D eigenvalue weighted by Crippen LogP contribution is 2.35. The number of hydrogen-bond acceptors (Lipinski definition) is 7. The number of carbonyl (C=O) groups is 1.